The quantitative estimate of drug-likeness (QED) is 0.620. The zero-order chi connectivity index (χ0) is 13.8. The van der Waals surface area contributed by atoms with Crippen molar-refractivity contribution in [3.05, 3.63) is 16.0 Å². The average Bonchev–Trinajstić information content (AvgIpc) is 2.85. The number of nitrogens with zero attached hydrogens (tertiary/aromatic N) is 2. The molecule has 0 bridgehead atoms. The fourth-order valence-corrected chi connectivity index (χ4v) is 3.93. The third-order valence-corrected chi connectivity index (χ3v) is 4.74. The predicted octanol–water partition coefficient (Wildman–Crippen LogP) is 2.14. The normalized spacial score (nSPS) is 15.1. The first-order valence-corrected chi connectivity index (χ1v) is 7.69. The summed E-state index contributed by atoms with van der Waals surface area (Å²) < 4.78 is 10.1. The number of hydrogen-bond acceptors (Lipinski definition) is 6. The highest BCUT2D eigenvalue weighted by molar-refractivity contribution is 9.08. The Bertz CT molecular complexity index is 518. The standard InChI is InChI=1S/C12H13BrN2O3S/c1-17-12(16)10-8(6-13)9(7-14)11(19-10)15-2-4-18-5-3-15/h2-6H2,1H3. The second-order valence-electron chi connectivity index (χ2n) is 3.93. The molecule has 0 aliphatic carbocycles. The summed E-state index contributed by atoms with van der Waals surface area (Å²) >= 11 is 4.66. The third-order valence-electron chi connectivity index (χ3n) is 2.90. The highest BCUT2D eigenvalue weighted by atomic mass is 79.9. The van der Waals surface area contributed by atoms with Crippen LogP contribution in [0.2, 0.25) is 0 Å². The van der Waals surface area contributed by atoms with E-state index in [1.807, 2.05) is 0 Å². The van der Waals surface area contributed by atoms with E-state index in [4.69, 9.17) is 9.47 Å². The summed E-state index contributed by atoms with van der Waals surface area (Å²) in [5, 5.41) is 10.6. The van der Waals surface area contributed by atoms with Gasteiger partial charge in [-0.25, -0.2) is 4.79 Å². The second kappa shape index (κ2) is 6.37. The Morgan fingerprint density at radius 1 is 1.58 bits per heavy atom. The number of anilines is 1. The van der Waals surface area contributed by atoms with Crippen molar-refractivity contribution in [2.45, 2.75) is 5.33 Å². The number of thiophene rings is 1. The number of esters is 1. The van der Waals surface area contributed by atoms with Crippen LogP contribution in [0, 0.1) is 11.3 Å². The zero-order valence-electron chi connectivity index (χ0n) is 10.4. The molecule has 0 radical (unpaired) electrons. The smallest absolute Gasteiger partial charge is 0.348 e. The van der Waals surface area contributed by atoms with E-state index in [0.717, 1.165) is 18.1 Å². The minimum absolute atomic E-state index is 0.393. The Balaban J connectivity index is 2.45. The van der Waals surface area contributed by atoms with Gasteiger partial charge in [0.2, 0.25) is 0 Å². The first-order valence-electron chi connectivity index (χ1n) is 5.75. The summed E-state index contributed by atoms with van der Waals surface area (Å²) in [4.78, 5) is 14.4. The van der Waals surface area contributed by atoms with E-state index in [0.29, 0.717) is 34.5 Å². The molecule has 2 heterocycles. The number of rotatable bonds is 3. The SMILES string of the molecule is COC(=O)c1sc(N2CCOCC2)c(C#N)c1CBr. The molecule has 1 fully saturated rings. The van der Waals surface area contributed by atoms with Gasteiger partial charge in [-0.1, -0.05) is 15.9 Å². The summed E-state index contributed by atoms with van der Waals surface area (Å²) in [6.07, 6.45) is 0. The molecule has 7 heteroatoms. The lowest BCUT2D eigenvalue weighted by Gasteiger charge is -2.27. The first kappa shape index (κ1) is 14.3. The van der Waals surface area contributed by atoms with Gasteiger partial charge in [-0.3, -0.25) is 0 Å². The molecule has 0 saturated carbocycles. The second-order valence-corrected chi connectivity index (χ2v) is 5.49. The Morgan fingerprint density at radius 2 is 2.26 bits per heavy atom. The van der Waals surface area contributed by atoms with Crippen LogP contribution in [0.1, 0.15) is 20.8 Å². The molecule has 2 rings (SSSR count). The van der Waals surface area contributed by atoms with Crippen LogP contribution in [-0.2, 0) is 14.8 Å². The lowest BCUT2D eigenvalue weighted by molar-refractivity contribution is 0.0605. The molecule has 0 N–H and O–H groups in total. The molecule has 5 nitrogen and oxygen atoms in total. The fraction of sp³-hybridized carbons (Fsp3) is 0.500. The van der Waals surface area contributed by atoms with E-state index < -0.39 is 5.97 Å². The van der Waals surface area contributed by atoms with Crippen LogP contribution in [0.25, 0.3) is 0 Å². The number of carbonyl (C=O) groups is 1. The van der Waals surface area contributed by atoms with Gasteiger partial charge in [-0.05, 0) is 0 Å². The number of methoxy groups -OCH3 is 1. The number of alkyl halides is 1. The highest BCUT2D eigenvalue weighted by Gasteiger charge is 2.26. The first-order chi connectivity index (χ1) is 9.22. The van der Waals surface area contributed by atoms with Crippen LogP contribution >= 0.6 is 27.3 Å². The van der Waals surface area contributed by atoms with Gasteiger partial charge in [0, 0.05) is 24.0 Å². The van der Waals surface area contributed by atoms with E-state index in [-0.39, 0.29) is 0 Å². The molecule has 1 aromatic heterocycles. The van der Waals surface area contributed by atoms with Crippen LogP contribution < -0.4 is 4.90 Å². The summed E-state index contributed by atoms with van der Waals surface area (Å²) in [5.41, 5.74) is 1.27. The lowest BCUT2D eigenvalue weighted by atomic mass is 10.1. The van der Waals surface area contributed by atoms with Gasteiger partial charge in [0.05, 0.1) is 25.9 Å². The van der Waals surface area contributed by atoms with Gasteiger partial charge in [-0.2, -0.15) is 5.26 Å². The average molecular weight is 345 g/mol. The monoisotopic (exact) mass is 344 g/mol. The lowest BCUT2D eigenvalue weighted by Crippen LogP contribution is -2.36. The maximum absolute atomic E-state index is 11.8. The van der Waals surface area contributed by atoms with Gasteiger partial charge in [0.1, 0.15) is 15.9 Å². The van der Waals surface area contributed by atoms with Gasteiger partial charge < -0.3 is 14.4 Å². The van der Waals surface area contributed by atoms with Gasteiger partial charge >= 0.3 is 5.97 Å². The van der Waals surface area contributed by atoms with Crippen molar-refractivity contribution in [1.82, 2.24) is 0 Å². The van der Waals surface area contributed by atoms with Crippen molar-refractivity contribution in [3.8, 4) is 6.07 Å². The Hall–Kier alpha value is -1.10. The van der Waals surface area contributed by atoms with Crippen LogP contribution in [0.4, 0.5) is 5.00 Å². The molecule has 1 aromatic rings. The van der Waals surface area contributed by atoms with E-state index in [2.05, 4.69) is 26.9 Å². The Morgan fingerprint density at radius 3 is 2.79 bits per heavy atom. The van der Waals surface area contributed by atoms with Crippen LogP contribution in [0.15, 0.2) is 0 Å². The van der Waals surface area contributed by atoms with Crippen molar-refractivity contribution < 1.29 is 14.3 Å². The van der Waals surface area contributed by atoms with Crippen LogP contribution in [0.3, 0.4) is 0 Å². The number of nitriles is 1. The van der Waals surface area contributed by atoms with Gasteiger partial charge in [0.25, 0.3) is 0 Å². The van der Waals surface area contributed by atoms with Crippen molar-refractivity contribution in [2.75, 3.05) is 38.3 Å². The zero-order valence-corrected chi connectivity index (χ0v) is 12.8. The Labute approximate surface area is 123 Å². The molecule has 1 aliphatic rings. The summed E-state index contributed by atoms with van der Waals surface area (Å²) in [6, 6.07) is 2.20. The molecule has 19 heavy (non-hydrogen) atoms. The van der Waals surface area contributed by atoms with Gasteiger partial charge in [0.15, 0.2) is 0 Å². The molecule has 0 amide bonds. The van der Waals surface area contributed by atoms with E-state index >= 15 is 0 Å². The highest BCUT2D eigenvalue weighted by Crippen LogP contribution is 2.37. The maximum atomic E-state index is 11.8. The van der Waals surface area contributed by atoms with Crippen molar-refractivity contribution in [3.63, 3.8) is 0 Å². The molecular formula is C12H13BrN2O3S. The molecule has 1 aliphatic heterocycles. The molecule has 0 unspecified atom stereocenters. The third kappa shape index (κ3) is 2.76. The molecule has 0 spiro atoms. The number of carbonyl (C=O) groups excluding carboxylic acids is 1. The van der Waals surface area contributed by atoms with Crippen molar-refractivity contribution in [1.29, 1.82) is 5.26 Å². The Kier molecular flexibility index (Phi) is 4.80. The summed E-state index contributed by atoms with van der Waals surface area (Å²) in [6.45, 7) is 2.75. The summed E-state index contributed by atoms with van der Waals surface area (Å²) in [7, 11) is 1.35. The summed E-state index contributed by atoms with van der Waals surface area (Å²) in [5.74, 6) is -0.393. The van der Waals surface area contributed by atoms with Crippen LogP contribution in [0.5, 0.6) is 0 Å². The molecule has 1 saturated heterocycles. The van der Waals surface area contributed by atoms with Gasteiger partial charge in [-0.15, -0.1) is 11.3 Å². The van der Waals surface area contributed by atoms with Crippen molar-refractivity contribution >= 4 is 38.2 Å². The molecule has 0 aromatic carbocycles. The van der Waals surface area contributed by atoms with Crippen LogP contribution in [-0.4, -0.2) is 39.4 Å². The minimum atomic E-state index is -0.393. The predicted molar refractivity (Wildman–Crippen MR) is 76.0 cm³/mol. The minimum Gasteiger partial charge on any atom is -0.465 e. The topological polar surface area (TPSA) is 62.6 Å². The van der Waals surface area contributed by atoms with E-state index in [1.54, 1.807) is 0 Å². The largest absolute Gasteiger partial charge is 0.465 e. The maximum Gasteiger partial charge on any atom is 0.348 e. The number of halogens is 1. The van der Waals surface area contributed by atoms with E-state index in [1.165, 1.54) is 18.4 Å². The number of morpholine rings is 1. The number of hydrogen-bond donors (Lipinski definition) is 0. The molecular weight excluding hydrogens is 332 g/mol. The fourth-order valence-electron chi connectivity index (χ4n) is 1.94. The number of ether oxygens (including phenoxy) is 2. The molecule has 102 valence electrons. The van der Waals surface area contributed by atoms with Crippen molar-refractivity contribution in [2.24, 2.45) is 0 Å². The molecule has 0 atom stereocenters. The van der Waals surface area contributed by atoms with E-state index in [9.17, 15) is 10.1 Å².